The van der Waals surface area contributed by atoms with Crippen molar-refractivity contribution in [1.29, 1.82) is 0 Å². The third kappa shape index (κ3) is 3.26. The van der Waals surface area contributed by atoms with Crippen LogP contribution in [0.5, 0.6) is 0 Å². The second-order valence-corrected chi connectivity index (χ2v) is 6.61. The van der Waals surface area contributed by atoms with E-state index in [0.29, 0.717) is 25.1 Å². The van der Waals surface area contributed by atoms with Gasteiger partial charge in [-0.15, -0.1) is 0 Å². The van der Waals surface area contributed by atoms with Crippen LogP contribution >= 0.6 is 0 Å². The molecular formula is C14H20N2O3S. The fourth-order valence-corrected chi connectivity index (χ4v) is 3.93. The van der Waals surface area contributed by atoms with Crippen LogP contribution in [0.1, 0.15) is 36.5 Å². The molecule has 6 heteroatoms. The van der Waals surface area contributed by atoms with E-state index >= 15 is 0 Å². The van der Waals surface area contributed by atoms with Gasteiger partial charge in [0.25, 0.3) is 10.2 Å². The van der Waals surface area contributed by atoms with Crippen LogP contribution in [0.2, 0.25) is 0 Å². The summed E-state index contributed by atoms with van der Waals surface area (Å²) in [7, 11) is -3.56. The van der Waals surface area contributed by atoms with E-state index in [9.17, 15) is 13.2 Å². The highest BCUT2D eigenvalue weighted by molar-refractivity contribution is 7.87. The third-order valence-electron chi connectivity index (χ3n) is 3.41. The zero-order valence-corrected chi connectivity index (χ0v) is 12.4. The molecule has 20 heavy (non-hydrogen) atoms. The van der Waals surface area contributed by atoms with Crippen molar-refractivity contribution >= 4 is 16.0 Å². The van der Waals surface area contributed by atoms with Gasteiger partial charge in [0, 0.05) is 18.7 Å². The first-order valence-electron chi connectivity index (χ1n) is 6.92. The molecule has 0 radical (unpaired) electrons. The van der Waals surface area contributed by atoms with Crippen LogP contribution in [0.4, 0.5) is 0 Å². The molecule has 1 aliphatic rings. The number of nitrogens with one attached hydrogen (secondary N) is 1. The maximum atomic E-state index is 12.4. The third-order valence-corrected chi connectivity index (χ3v) is 5.03. The monoisotopic (exact) mass is 296 g/mol. The second kappa shape index (κ2) is 6.47. The lowest BCUT2D eigenvalue weighted by atomic mass is 10.0. The van der Waals surface area contributed by atoms with Gasteiger partial charge in [-0.1, -0.05) is 37.3 Å². The molecule has 0 aromatic heterocycles. The minimum absolute atomic E-state index is 0.120. The summed E-state index contributed by atoms with van der Waals surface area (Å²) in [5.74, 6) is -0.120. The normalized spacial score (nSPS) is 20.1. The zero-order chi connectivity index (χ0) is 14.6. The Morgan fingerprint density at radius 2 is 2.05 bits per heavy atom. The summed E-state index contributed by atoms with van der Waals surface area (Å²) in [6, 6.07) is 8.29. The molecule has 1 heterocycles. The van der Waals surface area contributed by atoms with Crippen LogP contribution in [-0.2, 0) is 10.2 Å². The zero-order valence-electron chi connectivity index (χ0n) is 11.6. The number of carbonyl (C=O) groups is 1. The van der Waals surface area contributed by atoms with Gasteiger partial charge >= 0.3 is 0 Å². The van der Waals surface area contributed by atoms with E-state index in [0.717, 1.165) is 12.8 Å². The van der Waals surface area contributed by atoms with Crippen LogP contribution in [0.15, 0.2) is 30.3 Å². The molecule has 0 bridgehead atoms. The van der Waals surface area contributed by atoms with Gasteiger partial charge in [-0.3, -0.25) is 4.79 Å². The summed E-state index contributed by atoms with van der Waals surface area (Å²) < 4.78 is 28.2. The molecule has 1 aromatic rings. The van der Waals surface area contributed by atoms with Gasteiger partial charge < -0.3 is 0 Å². The lowest BCUT2D eigenvalue weighted by Gasteiger charge is -2.23. The molecule has 2 rings (SSSR count). The summed E-state index contributed by atoms with van der Waals surface area (Å²) in [6.45, 7) is 2.70. The van der Waals surface area contributed by atoms with Crippen LogP contribution in [0, 0.1) is 0 Å². The van der Waals surface area contributed by atoms with Crippen LogP contribution in [0.3, 0.4) is 0 Å². The van der Waals surface area contributed by atoms with E-state index in [4.69, 9.17) is 0 Å². The van der Waals surface area contributed by atoms with Crippen molar-refractivity contribution in [3.05, 3.63) is 35.9 Å². The van der Waals surface area contributed by atoms with E-state index in [1.807, 2.05) is 13.0 Å². The lowest BCUT2D eigenvalue weighted by Crippen LogP contribution is -2.46. The largest absolute Gasteiger partial charge is 0.292 e. The van der Waals surface area contributed by atoms with Crippen molar-refractivity contribution in [2.24, 2.45) is 0 Å². The summed E-state index contributed by atoms with van der Waals surface area (Å²) in [6.07, 6.45) is 2.03. The molecular weight excluding hydrogens is 276 g/mol. The Hall–Kier alpha value is -1.24. The summed E-state index contributed by atoms with van der Waals surface area (Å²) in [5.41, 5.74) is 0.565. The number of nitrogens with zero attached hydrogens (tertiary/aromatic N) is 1. The molecule has 0 spiro atoms. The molecule has 1 aliphatic heterocycles. The minimum Gasteiger partial charge on any atom is -0.292 e. The van der Waals surface area contributed by atoms with Crippen LogP contribution in [-0.4, -0.2) is 37.6 Å². The van der Waals surface area contributed by atoms with Gasteiger partial charge in [0.1, 0.15) is 0 Å². The van der Waals surface area contributed by atoms with Crippen molar-refractivity contribution in [2.75, 3.05) is 13.1 Å². The van der Waals surface area contributed by atoms with E-state index < -0.39 is 16.3 Å². The van der Waals surface area contributed by atoms with Gasteiger partial charge in [-0.2, -0.15) is 12.7 Å². The second-order valence-electron chi connectivity index (χ2n) is 4.90. The highest BCUT2D eigenvalue weighted by atomic mass is 32.2. The Bertz CT molecular complexity index is 557. The van der Waals surface area contributed by atoms with Gasteiger partial charge in [-0.25, -0.2) is 4.72 Å². The number of hydrogen-bond donors (Lipinski definition) is 1. The Balaban J connectivity index is 2.17. The highest BCUT2D eigenvalue weighted by Crippen LogP contribution is 2.23. The molecule has 1 fully saturated rings. The van der Waals surface area contributed by atoms with Crippen molar-refractivity contribution < 1.29 is 13.2 Å². The minimum atomic E-state index is -3.56. The highest BCUT2D eigenvalue weighted by Gasteiger charge is 2.38. The molecule has 110 valence electrons. The quantitative estimate of drug-likeness (QED) is 0.810. The summed E-state index contributed by atoms with van der Waals surface area (Å²) in [5, 5.41) is 0. The number of carbonyl (C=O) groups excluding carboxylic acids is 1. The lowest BCUT2D eigenvalue weighted by molar-refractivity contribution is 0.0917. The molecule has 0 amide bonds. The fourth-order valence-electron chi connectivity index (χ4n) is 2.40. The van der Waals surface area contributed by atoms with Gasteiger partial charge in [0.2, 0.25) is 0 Å². The Kier molecular flexibility index (Phi) is 4.91. The molecule has 1 saturated heterocycles. The Morgan fingerprint density at radius 1 is 1.35 bits per heavy atom. The number of hydrogen-bond acceptors (Lipinski definition) is 3. The molecule has 1 N–H and O–H groups in total. The maximum absolute atomic E-state index is 12.4. The van der Waals surface area contributed by atoms with Crippen molar-refractivity contribution in [1.82, 2.24) is 9.03 Å². The standard InChI is InChI=1S/C14H20N2O3S/c1-2-10-15-20(18,19)16-11-6-9-13(16)14(17)12-7-4-3-5-8-12/h3-5,7-8,13,15H,2,6,9-11H2,1H3. The average Bonchev–Trinajstić information content (AvgIpc) is 2.95. The summed E-state index contributed by atoms with van der Waals surface area (Å²) >= 11 is 0. The van der Waals surface area contributed by atoms with Crippen LogP contribution in [0.25, 0.3) is 0 Å². The van der Waals surface area contributed by atoms with Crippen molar-refractivity contribution in [3.63, 3.8) is 0 Å². The molecule has 0 saturated carbocycles. The number of ketones is 1. The Morgan fingerprint density at radius 3 is 2.70 bits per heavy atom. The van der Waals surface area contributed by atoms with E-state index in [2.05, 4.69) is 4.72 Å². The topological polar surface area (TPSA) is 66.5 Å². The molecule has 1 aromatic carbocycles. The van der Waals surface area contributed by atoms with Gasteiger partial charge in [-0.05, 0) is 19.3 Å². The SMILES string of the molecule is CCCNS(=O)(=O)N1CCCC1C(=O)c1ccccc1. The Labute approximate surface area is 120 Å². The van der Waals surface area contributed by atoms with E-state index in [1.165, 1.54) is 4.31 Å². The van der Waals surface area contributed by atoms with E-state index in [1.54, 1.807) is 24.3 Å². The van der Waals surface area contributed by atoms with Crippen molar-refractivity contribution in [3.8, 4) is 0 Å². The van der Waals surface area contributed by atoms with Crippen molar-refractivity contribution in [2.45, 2.75) is 32.2 Å². The molecule has 0 aliphatic carbocycles. The van der Waals surface area contributed by atoms with Gasteiger partial charge in [0.05, 0.1) is 6.04 Å². The first-order chi connectivity index (χ1) is 9.56. The van der Waals surface area contributed by atoms with Gasteiger partial charge in [0.15, 0.2) is 5.78 Å². The number of benzene rings is 1. The predicted octanol–water partition coefficient (Wildman–Crippen LogP) is 1.58. The first-order valence-corrected chi connectivity index (χ1v) is 8.36. The van der Waals surface area contributed by atoms with E-state index in [-0.39, 0.29) is 5.78 Å². The maximum Gasteiger partial charge on any atom is 0.280 e. The molecule has 1 unspecified atom stereocenters. The molecule has 1 atom stereocenters. The number of Topliss-reactive ketones (excluding diaryl/α,β-unsaturated/α-hetero) is 1. The average molecular weight is 296 g/mol. The number of rotatable bonds is 6. The smallest absolute Gasteiger partial charge is 0.280 e. The van der Waals surface area contributed by atoms with Crippen LogP contribution < -0.4 is 4.72 Å². The first kappa shape index (κ1) is 15.2. The summed E-state index contributed by atoms with van der Waals surface area (Å²) in [4.78, 5) is 12.4. The predicted molar refractivity (Wildman–Crippen MR) is 77.7 cm³/mol. The fraction of sp³-hybridized carbons (Fsp3) is 0.500. The molecule has 5 nitrogen and oxygen atoms in total.